The van der Waals surface area contributed by atoms with Crippen LogP contribution in [-0.4, -0.2) is 24.1 Å². The maximum Gasteiger partial charge on any atom is 0.238 e. The monoisotopic (exact) mass is 422 g/mol. The van der Waals surface area contributed by atoms with Crippen molar-refractivity contribution in [2.24, 2.45) is 5.14 Å². The van der Waals surface area contributed by atoms with Gasteiger partial charge in [0.1, 0.15) is 0 Å². The molecule has 3 rings (SSSR count). The molecule has 0 radical (unpaired) electrons. The number of nitrogens with zero attached hydrogens (tertiary/aromatic N) is 2. The molecule has 2 aromatic carbocycles. The van der Waals surface area contributed by atoms with Crippen LogP contribution in [0.3, 0.4) is 0 Å². The molecule has 0 bridgehead atoms. The standard InChI is InChI=1S/C22H22N4O3S/c1-4-17-6-5-7-18(14-17)24-22(27)13-12-21-15(2)25-26(16(21)3)19-8-10-20(11-9-19)30(23,28)29/h1,5-11,14H,12-13H2,2-3H3,(H,24,27)(H2,23,28,29). The van der Waals surface area contributed by atoms with Crippen LogP contribution >= 0.6 is 0 Å². The summed E-state index contributed by atoms with van der Waals surface area (Å²) in [6.07, 6.45) is 6.20. The number of anilines is 1. The molecule has 7 nitrogen and oxygen atoms in total. The Morgan fingerprint density at radius 3 is 2.53 bits per heavy atom. The minimum Gasteiger partial charge on any atom is -0.326 e. The van der Waals surface area contributed by atoms with Gasteiger partial charge in [0.25, 0.3) is 0 Å². The highest BCUT2D eigenvalue weighted by atomic mass is 32.2. The van der Waals surface area contributed by atoms with Crippen LogP contribution in [0.4, 0.5) is 5.69 Å². The van der Waals surface area contributed by atoms with Crippen molar-refractivity contribution in [3.05, 3.63) is 71.0 Å². The fourth-order valence-corrected chi connectivity index (χ4v) is 3.73. The quantitative estimate of drug-likeness (QED) is 0.596. The number of rotatable bonds is 6. The molecule has 0 aliphatic carbocycles. The zero-order chi connectivity index (χ0) is 21.9. The van der Waals surface area contributed by atoms with E-state index in [1.807, 2.05) is 13.8 Å². The number of nitrogens with one attached hydrogen (secondary N) is 1. The lowest BCUT2D eigenvalue weighted by molar-refractivity contribution is -0.116. The molecule has 3 N–H and O–H groups in total. The van der Waals surface area contributed by atoms with Crippen LogP contribution in [-0.2, 0) is 21.2 Å². The van der Waals surface area contributed by atoms with E-state index < -0.39 is 10.0 Å². The lowest BCUT2D eigenvalue weighted by Gasteiger charge is -2.08. The van der Waals surface area contributed by atoms with Gasteiger partial charge in [-0.3, -0.25) is 4.79 Å². The Morgan fingerprint density at radius 2 is 1.90 bits per heavy atom. The Hall–Kier alpha value is -3.41. The fourth-order valence-electron chi connectivity index (χ4n) is 3.21. The molecule has 1 amide bonds. The number of sulfonamides is 1. The molecule has 8 heteroatoms. The van der Waals surface area contributed by atoms with E-state index in [4.69, 9.17) is 11.6 Å². The Morgan fingerprint density at radius 1 is 1.20 bits per heavy atom. The molecule has 0 aliphatic rings. The Bertz CT molecular complexity index is 1240. The summed E-state index contributed by atoms with van der Waals surface area (Å²) in [7, 11) is -3.75. The number of carbonyl (C=O) groups excluding carboxylic acids is 1. The van der Waals surface area contributed by atoms with E-state index in [1.54, 1.807) is 41.1 Å². The molecule has 3 aromatic rings. The summed E-state index contributed by atoms with van der Waals surface area (Å²) in [5.74, 6) is 2.42. The minimum absolute atomic E-state index is 0.0404. The van der Waals surface area contributed by atoms with Crippen molar-refractivity contribution < 1.29 is 13.2 Å². The van der Waals surface area contributed by atoms with Crippen molar-refractivity contribution in [3.63, 3.8) is 0 Å². The zero-order valence-electron chi connectivity index (χ0n) is 16.7. The first-order chi connectivity index (χ1) is 14.2. The molecule has 1 aromatic heterocycles. The van der Waals surface area contributed by atoms with E-state index in [9.17, 15) is 13.2 Å². The first-order valence-corrected chi connectivity index (χ1v) is 10.8. The second kappa shape index (κ2) is 8.53. The van der Waals surface area contributed by atoms with Gasteiger partial charge in [-0.2, -0.15) is 5.10 Å². The number of primary sulfonamides is 1. The summed E-state index contributed by atoms with van der Waals surface area (Å²) in [5.41, 5.74) is 4.75. The van der Waals surface area contributed by atoms with Crippen molar-refractivity contribution in [1.29, 1.82) is 0 Å². The first-order valence-electron chi connectivity index (χ1n) is 9.24. The molecule has 0 saturated carbocycles. The van der Waals surface area contributed by atoms with Crippen LogP contribution in [0.15, 0.2) is 53.4 Å². The third kappa shape index (κ3) is 4.76. The lowest BCUT2D eigenvalue weighted by atomic mass is 10.1. The summed E-state index contributed by atoms with van der Waals surface area (Å²) in [5, 5.41) is 12.5. The highest BCUT2D eigenvalue weighted by Gasteiger charge is 2.15. The van der Waals surface area contributed by atoms with Crippen LogP contribution in [0.5, 0.6) is 0 Å². The third-order valence-electron chi connectivity index (χ3n) is 4.77. The topological polar surface area (TPSA) is 107 Å². The number of terminal acetylenes is 1. The molecule has 0 atom stereocenters. The number of carbonyl (C=O) groups is 1. The Balaban J connectivity index is 1.73. The van der Waals surface area contributed by atoms with Crippen LogP contribution in [0, 0.1) is 26.2 Å². The second-order valence-electron chi connectivity index (χ2n) is 6.87. The first kappa shape index (κ1) is 21.3. The van der Waals surface area contributed by atoms with Gasteiger partial charge in [-0.15, -0.1) is 6.42 Å². The van der Waals surface area contributed by atoms with Crippen LogP contribution < -0.4 is 10.5 Å². The van der Waals surface area contributed by atoms with Crippen LogP contribution in [0.25, 0.3) is 5.69 Å². The maximum absolute atomic E-state index is 12.4. The molecule has 0 saturated heterocycles. The van der Waals surface area contributed by atoms with Gasteiger partial charge in [0.15, 0.2) is 0 Å². The number of amides is 1. The number of nitrogens with two attached hydrogens (primary N) is 1. The van der Waals surface area contributed by atoms with Crippen molar-refractivity contribution in [2.45, 2.75) is 31.6 Å². The predicted molar refractivity (Wildman–Crippen MR) is 116 cm³/mol. The lowest BCUT2D eigenvalue weighted by Crippen LogP contribution is -2.13. The fraction of sp³-hybridized carbons (Fsp3) is 0.182. The van der Waals surface area contributed by atoms with E-state index in [0.29, 0.717) is 23.4 Å². The SMILES string of the molecule is C#Cc1cccc(NC(=O)CCc2c(C)nn(-c3ccc(S(N)(=O)=O)cc3)c2C)c1. The Labute approximate surface area is 176 Å². The summed E-state index contributed by atoms with van der Waals surface area (Å²) < 4.78 is 24.6. The van der Waals surface area contributed by atoms with Gasteiger partial charge in [0.05, 0.1) is 16.3 Å². The largest absolute Gasteiger partial charge is 0.326 e. The van der Waals surface area contributed by atoms with E-state index in [0.717, 1.165) is 17.0 Å². The molecule has 0 fully saturated rings. The zero-order valence-corrected chi connectivity index (χ0v) is 17.5. The molecule has 0 unspecified atom stereocenters. The van der Waals surface area contributed by atoms with Gasteiger partial charge in [-0.05, 0) is 68.3 Å². The molecule has 0 aliphatic heterocycles. The smallest absolute Gasteiger partial charge is 0.238 e. The molecule has 0 spiro atoms. The molecular weight excluding hydrogens is 400 g/mol. The summed E-state index contributed by atoms with van der Waals surface area (Å²) >= 11 is 0. The minimum atomic E-state index is -3.75. The number of aryl methyl sites for hydroxylation is 1. The van der Waals surface area contributed by atoms with Crippen LogP contribution in [0.1, 0.15) is 28.9 Å². The summed E-state index contributed by atoms with van der Waals surface area (Å²) in [6.45, 7) is 3.79. The average molecular weight is 423 g/mol. The third-order valence-corrected chi connectivity index (χ3v) is 5.70. The van der Waals surface area contributed by atoms with Gasteiger partial charge in [0.2, 0.25) is 15.9 Å². The number of benzene rings is 2. The van der Waals surface area contributed by atoms with Gasteiger partial charge in [0, 0.05) is 23.4 Å². The van der Waals surface area contributed by atoms with E-state index in [2.05, 4.69) is 16.3 Å². The van der Waals surface area contributed by atoms with Crippen LogP contribution in [0.2, 0.25) is 0 Å². The average Bonchev–Trinajstić information content (AvgIpc) is 2.99. The second-order valence-corrected chi connectivity index (χ2v) is 8.43. The molecule has 30 heavy (non-hydrogen) atoms. The van der Waals surface area contributed by atoms with E-state index >= 15 is 0 Å². The van der Waals surface area contributed by atoms with Gasteiger partial charge in [-0.1, -0.05) is 12.0 Å². The van der Waals surface area contributed by atoms with Gasteiger partial charge >= 0.3 is 0 Å². The summed E-state index contributed by atoms with van der Waals surface area (Å²) in [6, 6.07) is 13.3. The van der Waals surface area contributed by atoms with Gasteiger partial charge < -0.3 is 5.32 Å². The van der Waals surface area contributed by atoms with Gasteiger partial charge in [-0.25, -0.2) is 18.2 Å². The highest BCUT2D eigenvalue weighted by Crippen LogP contribution is 2.21. The Kier molecular flexibility index (Phi) is 6.06. The van der Waals surface area contributed by atoms with Crippen molar-refractivity contribution >= 4 is 21.6 Å². The number of hydrogen-bond acceptors (Lipinski definition) is 4. The highest BCUT2D eigenvalue weighted by molar-refractivity contribution is 7.89. The molecule has 154 valence electrons. The van der Waals surface area contributed by atoms with E-state index in [-0.39, 0.29) is 17.2 Å². The van der Waals surface area contributed by atoms with E-state index in [1.165, 1.54) is 12.1 Å². The molecular formula is C22H22N4O3S. The van der Waals surface area contributed by atoms with Crippen molar-refractivity contribution in [3.8, 4) is 18.0 Å². The maximum atomic E-state index is 12.4. The predicted octanol–water partition coefficient (Wildman–Crippen LogP) is 2.69. The van der Waals surface area contributed by atoms with Crippen molar-refractivity contribution in [1.82, 2.24) is 9.78 Å². The molecule has 1 heterocycles. The number of aromatic nitrogens is 2. The number of hydrogen-bond donors (Lipinski definition) is 2. The summed E-state index contributed by atoms with van der Waals surface area (Å²) in [4.78, 5) is 12.4. The normalized spacial score (nSPS) is 11.1. The van der Waals surface area contributed by atoms with Crippen molar-refractivity contribution in [2.75, 3.05) is 5.32 Å².